The number of hydrogen-bond acceptors (Lipinski definition) is 2. The van der Waals surface area contributed by atoms with Gasteiger partial charge >= 0.3 is 12.4 Å². The van der Waals surface area contributed by atoms with Crippen LogP contribution in [0.5, 0.6) is 0 Å². The summed E-state index contributed by atoms with van der Waals surface area (Å²) >= 11 is 0. The van der Waals surface area contributed by atoms with E-state index in [1.165, 1.54) is 0 Å². The molecule has 1 amide bonds. The summed E-state index contributed by atoms with van der Waals surface area (Å²) in [5.41, 5.74) is -3.73. The Morgan fingerprint density at radius 1 is 1.13 bits per heavy atom. The summed E-state index contributed by atoms with van der Waals surface area (Å²) in [6.07, 6.45) is -5.52. The zero-order valence-corrected chi connectivity index (χ0v) is 17.6. The fourth-order valence-electron chi connectivity index (χ4n) is 3.71. The van der Waals surface area contributed by atoms with Crippen molar-refractivity contribution in [2.24, 2.45) is 5.92 Å². The van der Waals surface area contributed by atoms with E-state index in [0.717, 1.165) is 25.0 Å². The van der Waals surface area contributed by atoms with E-state index < -0.39 is 29.0 Å². The first-order valence-corrected chi connectivity index (χ1v) is 10.3. The highest BCUT2D eigenvalue weighted by atomic mass is 19.4. The summed E-state index contributed by atoms with van der Waals surface area (Å²) < 4.78 is 80.0. The Bertz CT molecular complexity index is 839. The predicted molar refractivity (Wildman–Crippen MR) is 105 cm³/mol. The van der Waals surface area contributed by atoms with Crippen molar-refractivity contribution >= 4 is 11.6 Å². The zero-order valence-electron chi connectivity index (χ0n) is 17.6. The Balaban J connectivity index is 2.03. The van der Waals surface area contributed by atoms with E-state index in [4.69, 9.17) is 0 Å². The molecule has 1 aliphatic heterocycles. The van der Waals surface area contributed by atoms with E-state index in [-0.39, 0.29) is 41.6 Å². The summed E-state index contributed by atoms with van der Waals surface area (Å²) in [7, 11) is 0. The number of carbonyl (C=O) groups excluding carboxylic acids is 1. The third kappa shape index (κ3) is 5.01. The first kappa shape index (κ1) is 23.5. The molecule has 1 aliphatic carbocycles. The summed E-state index contributed by atoms with van der Waals surface area (Å²) in [5.74, 6) is -0.0121. The smallest absolute Gasteiger partial charge is 0.357 e. The van der Waals surface area contributed by atoms with Gasteiger partial charge in [0.25, 0.3) is 0 Å². The lowest BCUT2D eigenvalue weighted by atomic mass is 9.96. The van der Waals surface area contributed by atoms with E-state index in [1.54, 1.807) is 17.9 Å². The van der Waals surface area contributed by atoms with Gasteiger partial charge in [-0.2, -0.15) is 26.3 Å². The lowest BCUT2D eigenvalue weighted by Crippen LogP contribution is -2.55. The van der Waals surface area contributed by atoms with Crippen molar-refractivity contribution in [1.29, 1.82) is 0 Å². The van der Waals surface area contributed by atoms with Crippen LogP contribution in [0.4, 0.5) is 26.3 Å². The van der Waals surface area contributed by atoms with Gasteiger partial charge in [0.2, 0.25) is 5.91 Å². The molecule has 31 heavy (non-hydrogen) atoms. The van der Waals surface area contributed by atoms with Gasteiger partial charge in [-0.3, -0.25) is 4.79 Å². The van der Waals surface area contributed by atoms with E-state index in [9.17, 15) is 31.1 Å². The molecule has 3 rings (SSSR count). The normalized spacial score (nSPS) is 23.0. The monoisotopic (exact) mass is 448 g/mol. The second-order valence-electron chi connectivity index (χ2n) is 8.70. The van der Waals surface area contributed by atoms with Crippen LogP contribution in [-0.2, 0) is 17.1 Å². The minimum Gasteiger partial charge on any atom is -0.357 e. The fraction of sp³-hybridized carbons (Fsp3) is 0.591. The lowest BCUT2D eigenvalue weighted by Gasteiger charge is -2.39. The summed E-state index contributed by atoms with van der Waals surface area (Å²) in [6, 6.07) is 1.50. The average Bonchev–Trinajstić information content (AvgIpc) is 3.43. The van der Waals surface area contributed by atoms with Crippen LogP contribution in [0.25, 0.3) is 5.70 Å². The molecule has 0 bridgehead atoms. The van der Waals surface area contributed by atoms with Crippen LogP contribution in [0.2, 0.25) is 0 Å². The van der Waals surface area contributed by atoms with Gasteiger partial charge in [-0.1, -0.05) is 13.0 Å². The highest BCUT2D eigenvalue weighted by Gasteiger charge is 2.47. The van der Waals surface area contributed by atoms with Crippen LogP contribution in [0.1, 0.15) is 63.1 Å². The van der Waals surface area contributed by atoms with Gasteiger partial charge in [-0.15, -0.1) is 0 Å². The molecule has 9 heteroatoms. The summed E-state index contributed by atoms with van der Waals surface area (Å²) in [6.45, 7) is 5.86. The van der Waals surface area contributed by atoms with Gasteiger partial charge in [0, 0.05) is 18.3 Å². The number of amides is 1. The van der Waals surface area contributed by atoms with Gasteiger partial charge in [-0.25, -0.2) is 0 Å². The van der Waals surface area contributed by atoms with E-state index >= 15 is 0 Å². The standard InChI is InChI=1S/C22H26F6N2O/c1-4-13(2)29-19(31)20(3)8-7-18(30(20)12-14-5-6-14)15-9-16(21(23,24)25)11-17(10-15)22(26,27)28/h7,9-11,13-14H,4-6,8,12H2,1-3H3,(H,29,31)/t13?,20-/m0/s1. The number of carbonyl (C=O) groups is 1. The van der Waals surface area contributed by atoms with E-state index in [2.05, 4.69) is 5.32 Å². The number of benzene rings is 1. The maximum atomic E-state index is 13.3. The predicted octanol–water partition coefficient (Wildman–Crippen LogP) is 5.85. The quantitative estimate of drug-likeness (QED) is 0.554. The molecule has 2 aliphatic rings. The average molecular weight is 448 g/mol. The Labute approximate surface area is 177 Å². The van der Waals surface area contributed by atoms with Crippen LogP contribution < -0.4 is 5.32 Å². The number of hydrogen-bond donors (Lipinski definition) is 1. The molecule has 172 valence electrons. The zero-order chi connectivity index (χ0) is 23.2. The second-order valence-corrected chi connectivity index (χ2v) is 8.70. The molecular weight excluding hydrogens is 422 g/mol. The first-order chi connectivity index (χ1) is 14.3. The largest absolute Gasteiger partial charge is 0.416 e. The van der Waals surface area contributed by atoms with Crippen molar-refractivity contribution in [3.05, 3.63) is 41.0 Å². The third-order valence-electron chi connectivity index (χ3n) is 6.08. The number of rotatable bonds is 6. The molecule has 1 N–H and O–H groups in total. The van der Waals surface area contributed by atoms with Crippen LogP contribution in [0.15, 0.2) is 24.3 Å². The maximum absolute atomic E-state index is 13.3. The van der Waals surface area contributed by atoms with Crippen molar-refractivity contribution < 1.29 is 31.1 Å². The van der Waals surface area contributed by atoms with Crippen LogP contribution in [-0.4, -0.2) is 28.9 Å². The van der Waals surface area contributed by atoms with Gasteiger partial charge in [0.15, 0.2) is 0 Å². The molecule has 1 fully saturated rings. The van der Waals surface area contributed by atoms with Crippen LogP contribution in [0.3, 0.4) is 0 Å². The van der Waals surface area contributed by atoms with Crippen molar-refractivity contribution in [3.63, 3.8) is 0 Å². The van der Waals surface area contributed by atoms with Crippen molar-refractivity contribution in [3.8, 4) is 0 Å². The molecule has 0 saturated heterocycles. The molecule has 1 saturated carbocycles. The Hall–Kier alpha value is -2.19. The van der Waals surface area contributed by atoms with Crippen LogP contribution >= 0.6 is 0 Å². The SMILES string of the molecule is CCC(C)NC(=O)[C@]1(C)CC=C(c2cc(C(F)(F)F)cc(C(F)(F)F)c2)N1CC1CC1. The van der Waals surface area contributed by atoms with Crippen molar-refractivity contribution in [2.45, 2.75) is 70.4 Å². The summed E-state index contributed by atoms with van der Waals surface area (Å²) in [4.78, 5) is 14.7. The number of nitrogens with zero attached hydrogens (tertiary/aromatic N) is 1. The second kappa shape index (κ2) is 8.06. The Kier molecular flexibility index (Phi) is 6.10. The molecule has 1 unspecified atom stereocenters. The molecule has 0 radical (unpaired) electrons. The van der Waals surface area contributed by atoms with Crippen molar-refractivity contribution in [1.82, 2.24) is 10.2 Å². The van der Waals surface area contributed by atoms with Gasteiger partial charge in [0.05, 0.1) is 11.1 Å². The Morgan fingerprint density at radius 2 is 1.68 bits per heavy atom. The van der Waals surface area contributed by atoms with Gasteiger partial charge in [0.1, 0.15) is 5.54 Å². The molecule has 1 heterocycles. The van der Waals surface area contributed by atoms with Gasteiger partial charge < -0.3 is 10.2 Å². The maximum Gasteiger partial charge on any atom is 0.416 e. The molecule has 1 aromatic carbocycles. The van der Waals surface area contributed by atoms with Crippen LogP contribution in [0, 0.1) is 5.92 Å². The topological polar surface area (TPSA) is 32.3 Å². The molecule has 0 aromatic heterocycles. The van der Waals surface area contributed by atoms with E-state index in [0.29, 0.717) is 13.0 Å². The number of halogens is 6. The molecule has 1 aromatic rings. The molecule has 2 atom stereocenters. The van der Waals surface area contributed by atoms with Crippen molar-refractivity contribution in [2.75, 3.05) is 6.54 Å². The lowest BCUT2D eigenvalue weighted by molar-refractivity contribution is -0.143. The third-order valence-corrected chi connectivity index (χ3v) is 6.08. The fourth-order valence-corrected chi connectivity index (χ4v) is 3.71. The highest BCUT2D eigenvalue weighted by molar-refractivity contribution is 5.90. The Morgan fingerprint density at radius 3 is 2.13 bits per heavy atom. The first-order valence-electron chi connectivity index (χ1n) is 10.3. The van der Waals surface area contributed by atoms with Gasteiger partial charge in [-0.05, 0) is 69.2 Å². The summed E-state index contributed by atoms with van der Waals surface area (Å²) in [5, 5.41) is 2.90. The molecule has 3 nitrogen and oxygen atoms in total. The number of nitrogens with one attached hydrogen (secondary N) is 1. The highest BCUT2D eigenvalue weighted by Crippen LogP contribution is 2.44. The minimum absolute atomic E-state index is 0.0958. The number of alkyl halides is 6. The molecular formula is C22H26F6N2O. The molecule has 0 spiro atoms. The minimum atomic E-state index is -4.92. The van der Waals surface area contributed by atoms with E-state index in [1.807, 2.05) is 13.8 Å².